The molecule has 0 saturated heterocycles. The van der Waals surface area contributed by atoms with Gasteiger partial charge in [-0.25, -0.2) is 4.79 Å². The maximum absolute atomic E-state index is 10.5. The smallest absolute Gasteiger partial charge is 0.404 e. The Hall–Kier alpha value is -3.08. The first-order chi connectivity index (χ1) is 11.2. The zero-order valence-electron chi connectivity index (χ0n) is 12.6. The molecule has 0 saturated carbocycles. The number of carboxylic acid groups (broad SMARTS) is 1. The van der Waals surface area contributed by atoms with Gasteiger partial charge >= 0.3 is 6.09 Å². The number of nitrogens with one attached hydrogen (secondary N) is 1. The van der Waals surface area contributed by atoms with Crippen LogP contribution in [-0.2, 0) is 6.54 Å². The first-order valence-electron chi connectivity index (χ1n) is 7.16. The van der Waals surface area contributed by atoms with Crippen molar-refractivity contribution >= 4 is 17.0 Å². The van der Waals surface area contributed by atoms with Crippen LogP contribution in [0.5, 0.6) is 5.75 Å². The van der Waals surface area contributed by atoms with Crippen molar-refractivity contribution in [3.8, 4) is 16.9 Å². The summed E-state index contributed by atoms with van der Waals surface area (Å²) in [6, 6.07) is 15.6. The van der Waals surface area contributed by atoms with Crippen LogP contribution in [0.15, 0.2) is 54.7 Å². The summed E-state index contributed by atoms with van der Waals surface area (Å²) in [7, 11) is 1.63. The number of pyridine rings is 1. The second kappa shape index (κ2) is 6.36. The quantitative estimate of drug-likeness (QED) is 0.771. The van der Waals surface area contributed by atoms with E-state index >= 15 is 0 Å². The molecular weight excluding hydrogens is 292 g/mol. The minimum absolute atomic E-state index is 0.296. The molecule has 0 radical (unpaired) electrons. The minimum Gasteiger partial charge on any atom is -0.497 e. The third kappa shape index (κ3) is 3.23. The van der Waals surface area contributed by atoms with Crippen molar-refractivity contribution < 1.29 is 14.6 Å². The molecule has 0 spiro atoms. The molecule has 0 fully saturated rings. The maximum Gasteiger partial charge on any atom is 0.404 e. The number of hydrogen-bond acceptors (Lipinski definition) is 3. The van der Waals surface area contributed by atoms with E-state index in [4.69, 9.17) is 9.84 Å². The monoisotopic (exact) mass is 308 g/mol. The van der Waals surface area contributed by atoms with E-state index in [9.17, 15) is 4.79 Å². The number of carbonyl (C=O) groups is 1. The van der Waals surface area contributed by atoms with Crippen molar-refractivity contribution in [1.29, 1.82) is 0 Å². The van der Waals surface area contributed by atoms with Crippen LogP contribution in [0.2, 0.25) is 0 Å². The fraction of sp³-hybridized carbons (Fsp3) is 0.111. The Morgan fingerprint density at radius 1 is 1.17 bits per heavy atom. The topological polar surface area (TPSA) is 71.5 Å². The molecule has 3 aromatic rings. The van der Waals surface area contributed by atoms with Crippen molar-refractivity contribution in [2.45, 2.75) is 6.54 Å². The standard InChI is InChI=1S/C18H16N2O3/c1-23-14-6-7-16-15(8-9-19-17(16)10-14)13-4-2-12(3-5-13)11-20-18(21)22/h2-10,20H,11H2,1H3,(H,21,22). The molecule has 0 aliphatic rings. The third-order valence-electron chi connectivity index (χ3n) is 3.66. The van der Waals surface area contributed by atoms with Crippen LogP contribution >= 0.6 is 0 Å². The maximum atomic E-state index is 10.5. The van der Waals surface area contributed by atoms with E-state index < -0.39 is 6.09 Å². The Balaban J connectivity index is 1.95. The highest BCUT2D eigenvalue weighted by molar-refractivity contribution is 5.94. The lowest BCUT2D eigenvalue weighted by Crippen LogP contribution is -2.19. The number of rotatable bonds is 4. The van der Waals surface area contributed by atoms with Crippen LogP contribution in [0.3, 0.4) is 0 Å². The Kier molecular flexibility index (Phi) is 4.10. The van der Waals surface area contributed by atoms with Gasteiger partial charge in [0.05, 0.1) is 12.6 Å². The van der Waals surface area contributed by atoms with Crippen LogP contribution < -0.4 is 10.1 Å². The van der Waals surface area contributed by atoms with E-state index in [1.807, 2.05) is 48.5 Å². The number of nitrogens with zero attached hydrogens (tertiary/aromatic N) is 1. The number of benzene rings is 2. The van der Waals surface area contributed by atoms with Crippen molar-refractivity contribution in [3.63, 3.8) is 0 Å². The zero-order valence-corrected chi connectivity index (χ0v) is 12.6. The lowest BCUT2D eigenvalue weighted by Gasteiger charge is -2.09. The first kappa shape index (κ1) is 14.8. The summed E-state index contributed by atoms with van der Waals surface area (Å²) in [6.07, 6.45) is 0.750. The molecule has 0 aliphatic heterocycles. The summed E-state index contributed by atoms with van der Waals surface area (Å²) in [5.74, 6) is 0.775. The van der Waals surface area contributed by atoms with E-state index in [-0.39, 0.29) is 0 Å². The molecule has 116 valence electrons. The number of aromatic nitrogens is 1. The summed E-state index contributed by atoms with van der Waals surface area (Å²) in [5.41, 5.74) is 3.92. The van der Waals surface area contributed by atoms with E-state index in [0.717, 1.165) is 33.3 Å². The van der Waals surface area contributed by atoms with Gasteiger partial charge in [-0.15, -0.1) is 0 Å². The Bertz CT molecular complexity index is 845. The van der Waals surface area contributed by atoms with Crippen molar-refractivity contribution in [2.24, 2.45) is 0 Å². The van der Waals surface area contributed by atoms with Crippen molar-refractivity contribution in [2.75, 3.05) is 7.11 Å². The first-order valence-corrected chi connectivity index (χ1v) is 7.16. The van der Waals surface area contributed by atoms with Crippen LogP contribution in [0.1, 0.15) is 5.56 Å². The molecule has 1 heterocycles. The molecule has 3 rings (SSSR count). The summed E-state index contributed by atoms with van der Waals surface area (Å²) < 4.78 is 5.23. The molecule has 0 atom stereocenters. The fourth-order valence-electron chi connectivity index (χ4n) is 2.49. The van der Waals surface area contributed by atoms with Gasteiger partial charge in [0.2, 0.25) is 0 Å². The van der Waals surface area contributed by atoms with E-state index in [1.54, 1.807) is 13.3 Å². The minimum atomic E-state index is -1.02. The third-order valence-corrected chi connectivity index (χ3v) is 3.66. The second-order valence-electron chi connectivity index (χ2n) is 5.10. The van der Waals surface area contributed by atoms with Gasteiger partial charge in [-0.2, -0.15) is 0 Å². The Morgan fingerprint density at radius 3 is 2.65 bits per heavy atom. The largest absolute Gasteiger partial charge is 0.497 e. The molecule has 0 bridgehead atoms. The molecular formula is C18H16N2O3. The molecule has 1 amide bonds. The number of hydrogen-bond donors (Lipinski definition) is 2. The normalized spacial score (nSPS) is 10.5. The molecule has 2 aromatic carbocycles. The predicted octanol–water partition coefficient (Wildman–Crippen LogP) is 3.68. The summed E-state index contributed by atoms with van der Waals surface area (Å²) in [4.78, 5) is 14.9. The van der Waals surface area contributed by atoms with Gasteiger partial charge in [0.25, 0.3) is 0 Å². The van der Waals surface area contributed by atoms with Crippen molar-refractivity contribution in [1.82, 2.24) is 10.3 Å². The molecule has 1 aromatic heterocycles. The fourth-order valence-corrected chi connectivity index (χ4v) is 2.49. The van der Waals surface area contributed by atoms with Crippen LogP contribution in [0.25, 0.3) is 22.0 Å². The van der Waals surface area contributed by atoms with Gasteiger partial charge in [-0.1, -0.05) is 24.3 Å². The average Bonchev–Trinajstić information content (AvgIpc) is 2.59. The molecule has 5 nitrogen and oxygen atoms in total. The van der Waals surface area contributed by atoms with Gasteiger partial charge < -0.3 is 15.2 Å². The van der Waals surface area contributed by atoms with E-state index in [0.29, 0.717) is 6.54 Å². The van der Waals surface area contributed by atoms with E-state index in [2.05, 4.69) is 10.3 Å². The van der Waals surface area contributed by atoms with Gasteiger partial charge in [0.1, 0.15) is 5.75 Å². The second-order valence-corrected chi connectivity index (χ2v) is 5.10. The summed E-state index contributed by atoms with van der Waals surface area (Å²) >= 11 is 0. The lowest BCUT2D eigenvalue weighted by molar-refractivity contribution is 0.194. The molecule has 0 unspecified atom stereocenters. The van der Waals surface area contributed by atoms with Crippen LogP contribution in [0.4, 0.5) is 4.79 Å². The molecule has 5 heteroatoms. The Morgan fingerprint density at radius 2 is 1.96 bits per heavy atom. The SMILES string of the molecule is COc1ccc2c(-c3ccc(CNC(=O)O)cc3)ccnc2c1. The molecule has 0 aliphatic carbocycles. The highest BCUT2D eigenvalue weighted by Gasteiger charge is 2.06. The number of amides is 1. The molecule has 23 heavy (non-hydrogen) atoms. The van der Waals surface area contributed by atoms with Crippen LogP contribution in [0, 0.1) is 0 Å². The van der Waals surface area contributed by atoms with Gasteiger partial charge in [-0.05, 0) is 34.9 Å². The summed E-state index contributed by atoms with van der Waals surface area (Å²) in [6.45, 7) is 0.296. The number of fused-ring (bicyclic) bond motifs is 1. The molecule has 2 N–H and O–H groups in total. The van der Waals surface area contributed by atoms with Gasteiger partial charge in [0, 0.05) is 24.2 Å². The lowest BCUT2D eigenvalue weighted by atomic mass is 10.00. The van der Waals surface area contributed by atoms with Crippen LogP contribution in [-0.4, -0.2) is 23.3 Å². The number of methoxy groups -OCH3 is 1. The van der Waals surface area contributed by atoms with Crippen molar-refractivity contribution in [3.05, 3.63) is 60.3 Å². The Labute approximate surface area is 133 Å². The average molecular weight is 308 g/mol. The predicted molar refractivity (Wildman–Crippen MR) is 88.6 cm³/mol. The zero-order chi connectivity index (χ0) is 16.2. The van der Waals surface area contributed by atoms with Gasteiger partial charge in [-0.3, -0.25) is 4.98 Å². The highest BCUT2D eigenvalue weighted by atomic mass is 16.5. The number of ether oxygens (including phenoxy) is 1. The van der Waals surface area contributed by atoms with E-state index in [1.165, 1.54) is 0 Å². The van der Waals surface area contributed by atoms with Gasteiger partial charge in [0.15, 0.2) is 0 Å². The highest BCUT2D eigenvalue weighted by Crippen LogP contribution is 2.29. The summed E-state index contributed by atoms with van der Waals surface area (Å²) in [5, 5.41) is 12.0.